The standard InChI is InChI=1S/C22H46O4Si/c1-14(2)27(15(3)4,16(5)6)25-13-17(7)20(23)19(9)21-18(8)12-24-22(10,11)26-21/h14-21,23H,12-13H2,1-11H3/t17-,18-,19-,20-,21-/m1/s1. The summed E-state index contributed by atoms with van der Waals surface area (Å²) in [5.41, 5.74) is 1.66. The average Bonchev–Trinajstić information content (AvgIpc) is 2.55. The van der Waals surface area contributed by atoms with Crippen molar-refractivity contribution >= 4 is 8.32 Å². The Balaban J connectivity index is 2.81. The third kappa shape index (κ3) is 5.78. The van der Waals surface area contributed by atoms with Crippen LogP contribution < -0.4 is 0 Å². The van der Waals surface area contributed by atoms with E-state index in [-0.39, 0.29) is 23.9 Å². The summed E-state index contributed by atoms with van der Waals surface area (Å²) in [4.78, 5) is 0. The molecule has 0 amide bonds. The van der Waals surface area contributed by atoms with Gasteiger partial charge in [-0.3, -0.25) is 0 Å². The summed E-state index contributed by atoms with van der Waals surface area (Å²) >= 11 is 0. The van der Waals surface area contributed by atoms with Gasteiger partial charge in [0.1, 0.15) is 0 Å². The molecule has 5 heteroatoms. The Kier molecular flexibility index (Phi) is 9.02. The fraction of sp³-hybridized carbons (Fsp3) is 1.00. The maximum absolute atomic E-state index is 11.1. The Bertz CT molecular complexity index is 428. The van der Waals surface area contributed by atoms with Gasteiger partial charge in [0.15, 0.2) is 14.1 Å². The molecule has 0 aliphatic carbocycles. The van der Waals surface area contributed by atoms with Crippen molar-refractivity contribution in [3.8, 4) is 0 Å². The van der Waals surface area contributed by atoms with Crippen LogP contribution in [0, 0.1) is 17.8 Å². The molecule has 1 saturated heterocycles. The summed E-state index contributed by atoms with van der Waals surface area (Å²) in [6.07, 6.45) is -0.460. The number of hydrogen-bond donors (Lipinski definition) is 1. The number of hydrogen-bond acceptors (Lipinski definition) is 4. The molecule has 4 nitrogen and oxygen atoms in total. The molecule has 0 unspecified atom stereocenters. The van der Waals surface area contributed by atoms with E-state index in [0.717, 1.165) is 0 Å². The topological polar surface area (TPSA) is 47.9 Å². The lowest BCUT2D eigenvalue weighted by Crippen LogP contribution is -2.52. The SMILES string of the molecule is CC(C)[Si](OC[C@@H](C)[C@@H](O)[C@@H](C)[C@@H]1OC(C)(C)OC[C@H]1C)(C(C)C)C(C)C. The van der Waals surface area contributed by atoms with Crippen LogP contribution in [0.3, 0.4) is 0 Å². The molecule has 0 saturated carbocycles. The smallest absolute Gasteiger partial charge is 0.200 e. The highest BCUT2D eigenvalue weighted by molar-refractivity contribution is 6.77. The van der Waals surface area contributed by atoms with E-state index in [2.05, 4.69) is 62.3 Å². The first-order valence-electron chi connectivity index (χ1n) is 10.9. The molecule has 1 aliphatic rings. The van der Waals surface area contributed by atoms with Gasteiger partial charge in [0.25, 0.3) is 0 Å². The van der Waals surface area contributed by atoms with Gasteiger partial charge < -0.3 is 19.0 Å². The van der Waals surface area contributed by atoms with Gasteiger partial charge in [-0.25, -0.2) is 0 Å². The van der Waals surface area contributed by atoms with E-state index in [0.29, 0.717) is 29.8 Å². The van der Waals surface area contributed by atoms with Gasteiger partial charge in [0.05, 0.1) is 18.8 Å². The third-order valence-corrected chi connectivity index (χ3v) is 12.7. The van der Waals surface area contributed by atoms with Crippen LogP contribution >= 0.6 is 0 Å². The van der Waals surface area contributed by atoms with Crippen molar-refractivity contribution < 1.29 is 19.0 Å². The Morgan fingerprint density at radius 1 is 1.00 bits per heavy atom. The molecule has 0 radical (unpaired) electrons. The molecule has 0 aromatic carbocycles. The van der Waals surface area contributed by atoms with Gasteiger partial charge in [-0.05, 0) is 30.5 Å². The molecule has 0 bridgehead atoms. The van der Waals surface area contributed by atoms with Gasteiger partial charge >= 0.3 is 0 Å². The average molecular weight is 403 g/mol. The van der Waals surface area contributed by atoms with Gasteiger partial charge in [0, 0.05) is 24.4 Å². The fourth-order valence-corrected chi connectivity index (χ4v) is 10.7. The summed E-state index contributed by atoms with van der Waals surface area (Å²) in [7, 11) is -1.91. The molecule has 27 heavy (non-hydrogen) atoms. The van der Waals surface area contributed by atoms with E-state index in [1.807, 2.05) is 13.8 Å². The highest BCUT2D eigenvalue weighted by Gasteiger charge is 2.46. The Morgan fingerprint density at radius 3 is 1.93 bits per heavy atom. The molecular formula is C22H46O4Si. The molecule has 1 N–H and O–H groups in total. The number of aliphatic hydroxyl groups is 1. The lowest BCUT2D eigenvalue weighted by atomic mass is 9.84. The van der Waals surface area contributed by atoms with Gasteiger partial charge in [-0.2, -0.15) is 0 Å². The third-order valence-electron chi connectivity index (χ3n) is 6.62. The predicted octanol–water partition coefficient (Wildman–Crippen LogP) is 5.60. The van der Waals surface area contributed by atoms with Crippen molar-refractivity contribution in [1.82, 2.24) is 0 Å². The highest BCUT2D eigenvalue weighted by Crippen LogP contribution is 2.43. The first-order chi connectivity index (χ1) is 12.3. The first kappa shape index (κ1) is 25.1. The molecule has 0 spiro atoms. The highest BCUT2D eigenvalue weighted by atomic mass is 28.4. The van der Waals surface area contributed by atoms with Crippen molar-refractivity contribution in [3.05, 3.63) is 0 Å². The zero-order chi connectivity index (χ0) is 21.2. The van der Waals surface area contributed by atoms with Crippen LogP contribution in [0.4, 0.5) is 0 Å². The van der Waals surface area contributed by atoms with E-state index < -0.39 is 20.2 Å². The number of aliphatic hydroxyl groups excluding tert-OH is 1. The largest absolute Gasteiger partial charge is 0.416 e. The van der Waals surface area contributed by atoms with Crippen molar-refractivity contribution in [2.75, 3.05) is 13.2 Å². The molecule has 1 heterocycles. The minimum absolute atomic E-state index is 0.00602. The van der Waals surface area contributed by atoms with Crippen LogP contribution in [0.15, 0.2) is 0 Å². The number of rotatable bonds is 9. The van der Waals surface area contributed by atoms with Crippen molar-refractivity contribution in [2.45, 2.75) is 111 Å². The predicted molar refractivity (Wildman–Crippen MR) is 115 cm³/mol. The maximum Gasteiger partial charge on any atom is 0.200 e. The van der Waals surface area contributed by atoms with E-state index in [9.17, 15) is 5.11 Å². The maximum atomic E-state index is 11.1. The zero-order valence-corrected chi connectivity index (χ0v) is 20.7. The summed E-state index contributed by atoms with van der Waals surface area (Å²) in [5, 5.41) is 11.1. The molecule has 162 valence electrons. The van der Waals surface area contributed by atoms with E-state index in [1.165, 1.54) is 0 Å². The van der Waals surface area contributed by atoms with Crippen molar-refractivity contribution in [3.63, 3.8) is 0 Å². The van der Waals surface area contributed by atoms with E-state index >= 15 is 0 Å². The normalized spacial score (nSPS) is 27.2. The van der Waals surface area contributed by atoms with Crippen LogP contribution in [0.5, 0.6) is 0 Å². The van der Waals surface area contributed by atoms with Gasteiger partial charge in [-0.1, -0.05) is 62.3 Å². The monoisotopic (exact) mass is 402 g/mol. The van der Waals surface area contributed by atoms with Crippen molar-refractivity contribution in [2.24, 2.45) is 17.8 Å². The van der Waals surface area contributed by atoms with Crippen LogP contribution in [-0.4, -0.2) is 44.6 Å². The Hall–Kier alpha value is 0.0569. The lowest BCUT2D eigenvalue weighted by Gasteiger charge is -2.45. The molecule has 0 aromatic heterocycles. The summed E-state index contributed by atoms with van der Waals surface area (Å²) < 4.78 is 18.6. The molecule has 1 aliphatic heterocycles. The number of ether oxygens (including phenoxy) is 2. The molecule has 1 fully saturated rings. The fourth-order valence-electron chi connectivity index (χ4n) is 5.12. The zero-order valence-electron chi connectivity index (χ0n) is 19.7. The van der Waals surface area contributed by atoms with Gasteiger partial charge in [0.2, 0.25) is 0 Å². The first-order valence-corrected chi connectivity index (χ1v) is 13.0. The molecule has 1 rings (SSSR count). The van der Waals surface area contributed by atoms with Crippen LogP contribution in [0.25, 0.3) is 0 Å². The van der Waals surface area contributed by atoms with Crippen molar-refractivity contribution in [1.29, 1.82) is 0 Å². The summed E-state index contributed by atoms with van der Waals surface area (Å²) in [6, 6.07) is 0. The molecule has 5 atom stereocenters. The second-order valence-electron chi connectivity index (χ2n) is 10.2. The molecular weight excluding hydrogens is 356 g/mol. The minimum Gasteiger partial charge on any atom is -0.416 e. The van der Waals surface area contributed by atoms with E-state index in [1.54, 1.807) is 0 Å². The van der Waals surface area contributed by atoms with Crippen LogP contribution in [-0.2, 0) is 13.9 Å². The van der Waals surface area contributed by atoms with E-state index in [4.69, 9.17) is 13.9 Å². The Morgan fingerprint density at radius 2 is 1.48 bits per heavy atom. The Labute approximate surface area is 169 Å². The molecule has 0 aromatic rings. The van der Waals surface area contributed by atoms with Crippen LogP contribution in [0.1, 0.15) is 76.2 Å². The second-order valence-corrected chi connectivity index (χ2v) is 15.7. The van der Waals surface area contributed by atoms with Crippen LogP contribution in [0.2, 0.25) is 16.6 Å². The second kappa shape index (κ2) is 9.71. The minimum atomic E-state index is -1.91. The van der Waals surface area contributed by atoms with Gasteiger partial charge in [-0.15, -0.1) is 0 Å². The quantitative estimate of drug-likeness (QED) is 0.510. The summed E-state index contributed by atoms with van der Waals surface area (Å²) in [5.74, 6) is -0.203. The summed E-state index contributed by atoms with van der Waals surface area (Å²) in [6.45, 7) is 25.3. The lowest BCUT2D eigenvalue weighted by molar-refractivity contribution is -0.304.